The molecule has 104 valence electrons. The van der Waals surface area contributed by atoms with E-state index in [2.05, 4.69) is 18.7 Å². The van der Waals surface area contributed by atoms with Gasteiger partial charge >= 0.3 is 5.97 Å². The summed E-state index contributed by atoms with van der Waals surface area (Å²) in [7, 11) is 0. The Bertz CT molecular complexity index is 776. The van der Waals surface area contributed by atoms with E-state index in [0.29, 0.717) is 11.3 Å². The Hall–Kier alpha value is -2.39. The summed E-state index contributed by atoms with van der Waals surface area (Å²) in [6.07, 6.45) is 0.318. The largest absolute Gasteiger partial charge is 0.423 e. The van der Waals surface area contributed by atoms with Gasteiger partial charge < -0.3 is 9.47 Å². The number of carbonyl (C=O) groups is 1. The van der Waals surface area contributed by atoms with Crippen molar-refractivity contribution in [1.82, 2.24) is 0 Å². The summed E-state index contributed by atoms with van der Waals surface area (Å²) in [6.45, 7) is 5.24. The molecule has 21 heavy (non-hydrogen) atoms. The van der Waals surface area contributed by atoms with Crippen molar-refractivity contribution in [3.63, 3.8) is 0 Å². The van der Waals surface area contributed by atoms with Gasteiger partial charge in [-0.05, 0) is 41.3 Å². The number of rotatable bonds is 2. The van der Waals surface area contributed by atoms with E-state index in [0.717, 1.165) is 16.7 Å². The first-order chi connectivity index (χ1) is 10.1. The Morgan fingerprint density at radius 1 is 1.10 bits per heavy atom. The predicted octanol–water partition coefficient (Wildman–Crippen LogP) is 3.96. The number of ether oxygens (including phenoxy) is 2. The average Bonchev–Trinajstić information content (AvgIpc) is 3.28. The standard InChI is InChI=1S/C18H14O3/c1-10(2)18(19)20-11-7-8-14-15(9-11)12-5-3-4-6-13(12)16-17(14)21-16/h3-9,16-17H,1H2,2H3. The van der Waals surface area contributed by atoms with Crippen LogP contribution in [0, 0.1) is 0 Å². The first-order valence-electron chi connectivity index (χ1n) is 6.91. The molecule has 0 spiro atoms. The third kappa shape index (κ3) is 1.89. The zero-order chi connectivity index (χ0) is 14.6. The summed E-state index contributed by atoms with van der Waals surface area (Å²) in [4.78, 5) is 11.7. The van der Waals surface area contributed by atoms with Gasteiger partial charge in [0.1, 0.15) is 18.0 Å². The van der Waals surface area contributed by atoms with Gasteiger partial charge in [-0.25, -0.2) is 4.79 Å². The van der Waals surface area contributed by atoms with Gasteiger partial charge in [0.05, 0.1) is 0 Å². The average molecular weight is 278 g/mol. The maximum absolute atomic E-state index is 11.7. The second-order valence-electron chi connectivity index (χ2n) is 5.48. The van der Waals surface area contributed by atoms with Crippen LogP contribution < -0.4 is 4.74 Å². The Kier molecular flexibility index (Phi) is 2.53. The van der Waals surface area contributed by atoms with Gasteiger partial charge in [0.2, 0.25) is 0 Å². The highest BCUT2D eigenvalue weighted by atomic mass is 16.6. The molecule has 3 heteroatoms. The molecule has 2 atom stereocenters. The molecule has 2 aliphatic rings. The lowest BCUT2D eigenvalue weighted by Gasteiger charge is -2.17. The number of hydrogen-bond donors (Lipinski definition) is 0. The topological polar surface area (TPSA) is 38.8 Å². The molecule has 2 aromatic rings. The Morgan fingerprint density at radius 2 is 1.81 bits per heavy atom. The number of carbonyl (C=O) groups excluding carboxylic acids is 1. The van der Waals surface area contributed by atoms with Crippen molar-refractivity contribution >= 4 is 5.97 Å². The predicted molar refractivity (Wildman–Crippen MR) is 78.9 cm³/mol. The van der Waals surface area contributed by atoms with Gasteiger partial charge in [0.25, 0.3) is 0 Å². The van der Waals surface area contributed by atoms with Crippen LogP contribution in [0.4, 0.5) is 0 Å². The molecule has 1 aliphatic heterocycles. The van der Waals surface area contributed by atoms with Gasteiger partial charge in [-0.1, -0.05) is 36.9 Å². The molecule has 1 aliphatic carbocycles. The van der Waals surface area contributed by atoms with Crippen molar-refractivity contribution in [2.24, 2.45) is 0 Å². The number of hydrogen-bond acceptors (Lipinski definition) is 3. The van der Waals surface area contributed by atoms with E-state index in [1.807, 2.05) is 30.3 Å². The Morgan fingerprint density at radius 3 is 2.57 bits per heavy atom. The quantitative estimate of drug-likeness (QED) is 0.361. The molecule has 1 fully saturated rings. The third-order valence-electron chi connectivity index (χ3n) is 3.94. The molecule has 0 saturated carbocycles. The fourth-order valence-electron chi connectivity index (χ4n) is 2.85. The van der Waals surface area contributed by atoms with Gasteiger partial charge in [0.15, 0.2) is 0 Å². The lowest BCUT2D eigenvalue weighted by Crippen LogP contribution is -2.09. The first kappa shape index (κ1) is 12.4. The van der Waals surface area contributed by atoms with E-state index < -0.39 is 5.97 Å². The summed E-state index contributed by atoms with van der Waals surface area (Å²) in [6, 6.07) is 13.9. The molecule has 1 heterocycles. The van der Waals surface area contributed by atoms with Crippen molar-refractivity contribution < 1.29 is 14.3 Å². The summed E-state index contributed by atoms with van der Waals surface area (Å²) in [5.74, 6) is 0.134. The molecule has 4 rings (SSSR count). The van der Waals surface area contributed by atoms with E-state index in [1.165, 1.54) is 5.56 Å². The van der Waals surface area contributed by atoms with E-state index >= 15 is 0 Å². The van der Waals surface area contributed by atoms with Crippen molar-refractivity contribution in [1.29, 1.82) is 0 Å². The number of benzene rings is 2. The fraction of sp³-hybridized carbons (Fsp3) is 0.167. The van der Waals surface area contributed by atoms with Gasteiger partial charge in [0, 0.05) is 5.57 Å². The number of fused-ring (bicyclic) bond motifs is 6. The van der Waals surface area contributed by atoms with Crippen molar-refractivity contribution in [2.75, 3.05) is 0 Å². The molecule has 0 N–H and O–H groups in total. The lowest BCUT2D eigenvalue weighted by molar-refractivity contribution is -0.130. The van der Waals surface area contributed by atoms with E-state index in [9.17, 15) is 4.79 Å². The van der Waals surface area contributed by atoms with E-state index in [-0.39, 0.29) is 12.2 Å². The molecular weight excluding hydrogens is 264 g/mol. The summed E-state index contributed by atoms with van der Waals surface area (Å²) in [5.41, 5.74) is 4.99. The minimum Gasteiger partial charge on any atom is -0.423 e. The first-order valence-corrected chi connectivity index (χ1v) is 6.91. The SMILES string of the molecule is C=C(C)C(=O)Oc1ccc2c(c1)-c1ccccc1C1OC21. The molecule has 0 bridgehead atoms. The maximum atomic E-state index is 11.7. The molecule has 0 radical (unpaired) electrons. The molecule has 1 saturated heterocycles. The smallest absolute Gasteiger partial charge is 0.338 e. The maximum Gasteiger partial charge on any atom is 0.338 e. The van der Waals surface area contributed by atoms with Gasteiger partial charge in [-0.2, -0.15) is 0 Å². The highest BCUT2D eigenvalue weighted by Crippen LogP contribution is 2.59. The van der Waals surface area contributed by atoms with E-state index in [4.69, 9.17) is 9.47 Å². The van der Waals surface area contributed by atoms with Crippen LogP contribution in [0.15, 0.2) is 54.6 Å². The van der Waals surface area contributed by atoms with Crippen molar-refractivity contribution in [3.05, 3.63) is 65.7 Å². The van der Waals surface area contributed by atoms with Crippen LogP contribution in [0.1, 0.15) is 30.3 Å². The summed E-state index contributed by atoms with van der Waals surface area (Å²) >= 11 is 0. The monoisotopic (exact) mass is 278 g/mol. The molecular formula is C18H14O3. The third-order valence-corrected chi connectivity index (χ3v) is 3.94. The Balaban J connectivity index is 1.79. The fourth-order valence-corrected chi connectivity index (χ4v) is 2.85. The summed E-state index contributed by atoms with van der Waals surface area (Å²) < 4.78 is 11.1. The van der Waals surface area contributed by atoms with Crippen LogP contribution >= 0.6 is 0 Å². The number of epoxide rings is 1. The molecule has 3 nitrogen and oxygen atoms in total. The van der Waals surface area contributed by atoms with Crippen LogP contribution in [0.25, 0.3) is 11.1 Å². The van der Waals surface area contributed by atoms with Crippen LogP contribution in [0.3, 0.4) is 0 Å². The zero-order valence-corrected chi connectivity index (χ0v) is 11.6. The minimum atomic E-state index is -0.403. The van der Waals surface area contributed by atoms with Crippen LogP contribution in [-0.2, 0) is 9.53 Å². The van der Waals surface area contributed by atoms with Crippen LogP contribution in [0.2, 0.25) is 0 Å². The zero-order valence-electron chi connectivity index (χ0n) is 11.6. The van der Waals surface area contributed by atoms with E-state index in [1.54, 1.807) is 6.92 Å². The molecule has 2 unspecified atom stereocenters. The summed E-state index contributed by atoms with van der Waals surface area (Å²) in [5, 5.41) is 0. The van der Waals surface area contributed by atoms with Crippen LogP contribution in [-0.4, -0.2) is 5.97 Å². The second-order valence-corrected chi connectivity index (χ2v) is 5.48. The van der Waals surface area contributed by atoms with Crippen LogP contribution in [0.5, 0.6) is 5.75 Å². The molecule has 0 amide bonds. The Labute approximate surface area is 122 Å². The second kappa shape index (κ2) is 4.30. The van der Waals surface area contributed by atoms with Gasteiger partial charge in [-0.3, -0.25) is 0 Å². The number of esters is 1. The minimum absolute atomic E-state index is 0.140. The highest BCUT2D eigenvalue weighted by molar-refractivity contribution is 5.89. The van der Waals surface area contributed by atoms with Gasteiger partial charge in [-0.15, -0.1) is 0 Å². The lowest BCUT2D eigenvalue weighted by atomic mass is 9.85. The molecule has 2 aromatic carbocycles. The molecule has 0 aromatic heterocycles. The normalized spacial score (nSPS) is 20.8. The highest BCUT2D eigenvalue weighted by Gasteiger charge is 2.47. The van der Waals surface area contributed by atoms with Crippen molar-refractivity contribution in [2.45, 2.75) is 19.1 Å². The van der Waals surface area contributed by atoms with Crippen molar-refractivity contribution in [3.8, 4) is 16.9 Å².